The number of nitrogens with zero attached hydrogens (tertiary/aromatic N) is 2. The summed E-state index contributed by atoms with van der Waals surface area (Å²) >= 11 is 0. The van der Waals surface area contributed by atoms with E-state index in [0.717, 1.165) is 25.7 Å². The number of nitrogens with two attached hydrogens (primary N) is 1. The molecule has 16 heavy (non-hydrogen) atoms. The zero-order valence-corrected chi connectivity index (χ0v) is 9.21. The van der Waals surface area contributed by atoms with Crippen molar-refractivity contribution in [1.29, 1.82) is 0 Å². The first kappa shape index (κ1) is 10.2. The molecule has 3 rings (SSSR count). The summed E-state index contributed by atoms with van der Waals surface area (Å²) in [6.07, 6.45) is 2.97. The maximum Gasteiger partial charge on any atom is 0.282 e. The quantitative estimate of drug-likeness (QED) is 0.856. The van der Waals surface area contributed by atoms with E-state index in [1.807, 2.05) is 0 Å². The molecule has 2 N–H and O–H groups in total. The maximum atomic E-state index is 12.9. The maximum absolute atomic E-state index is 12.9. The predicted octanol–water partition coefficient (Wildman–Crippen LogP) is 1.88. The summed E-state index contributed by atoms with van der Waals surface area (Å²) in [5, 5.41) is 3.87. The lowest BCUT2D eigenvalue weighted by Gasteiger charge is -2.22. The summed E-state index contributed by atoms with van der Waals surface area (Å²) in [6, 6.07) is 0. The summed E-state index contributed by atoms with van der Waals surface area (Å²) < 4.78 is 27.3. The van der Waals surface area contributed by atoms with Crippen molar-refractivity contribution in [3.8, 4) is 0 Å². The Morgan fingerprint density at radius 1 is 1.38 bits per heavy atom. The van der Waals surface area contributed by atoms with Gasteiger partial charge in [0.15, 0.2) is 0 Å². The zero-order chi connectivity index (χ0) is 11.6. The van der Waals surface area contributed by atoms with E-state index in [2.05, 4.69) is 5.10 Å². The first-order valence-electron chi connectivity index (χ1n) is 5.60. The van der Waals surface area contributed by atoms with E-state index < -0.39 is 6.43 Å². The summed E-state index contributed by atoms with van der Waals surface area (Å²) in [5.41, 5.74) is 6.39. The van der Waals surface area contributed by atoms with Gasteiger partial charge < -0.3 is 5.73 Å². The van der Waals surface area contributed by atoms with Crippen LogP contribution in [0, 0.1) is 0 Å². The van der Waals surface area contributed by atoms with Gasteiger partial charge in [-0.05, 0) is 25.7 Å². The van der Waals surface area contributed by atoms with Crippen LogP contribution in [0.2, 0.25) is 0 Å². The predicted molar refractivity (Wildman–Crippen MR) is 55.2 cm³/mol. The van der Waals surface area contributed by atoms with E-state index in [9.17, 15) is 8.78 Å². The molecule has 88 valence electrons. The lowest BCUT2D eigenvalue weighted by Crippen LogP contribution is -2.37. The van der Waals surface area contributed by atoms with Gasteiger partial charge >= 0.3 is 0 Å². The van der Waals surface area contributed by atoms with Gasteiger partial charge in [-0.15, -0.1) is 0 Å². The number of alkyl halides is 2. The van der Waals surface area contributed by atoms with Crippen LogP contribution >= 0.6 is 0 Å². The van der Waals surface area contributed by atoms with E-state index in [4.69, 9.17) is 5.73 Å². The van der Waals surface area contributed by atoms with Gasteiger partial charge in [-0.1, -0.05) is 0 Å². The third-order valence-corrected chi connectivity index (χ3v) is 4.07. The third-order valence-electron chi connectivity index (χ3n) is 4.07. The highest BCUT2D eigenvalue weighted by atomic mass is 19.3. The van der Waals surface area contributed by atoms with E-state index in [0.29, 0.717) is 5.56 Å². The Balaban J connectivity index is 2.06. The first-order valence-corrected chi connectivity index (χ1v) is 5.60. The Morgan fingerprint density at radius 2 is 2.00 bits per heavy atom. The lowest BCUT2D eigenvalue weighted by molar-refractivity contribution is 0.143. The molecule has 0 bridgehead atoms. The van der Waals surface area contributed by atoms with Crippen molar-refractivity contribution < 1.29 is 8.78 Å². The zero-order valence-electron chi connectivity index (χ0n) is 9.21. The largest absolute Gasteiger partial charge is 0.324 e. The average Bonchev–Trinajstić information content (AvgIpc) is 3.09. The fourth-order valence-electron chi connectivity index (χ4n) is 2.81. The standard InChI is InChI=1S/C11H15F2N3/c1-16-6-7(8(15-16)9(12)13)10(2-3-10)11(14)4-5-11/h6,9H,2-5,14H2,1H3. The number of aryl methyl sites for hydroxylation is 1. The van der Waals surface area contributed by atoms with Crippen molar-refractivity contribution in [3.63, 3.8) is 0 Å². The van der Waals surface area contributed by atoms with Crippen molar-refractivity contribution in [3.05, 3.63) is 17.5 Å². The van der Waals surface area contributed by atoms with Crippen molar-refractivity contribution in [1.82, 2.24) is 9.78 Å². The number of hydrogen-bond donors (Lipinski definition) is 1. The number of aromatic nitrogens is 2. The molecule has 2 aliphatic carbocycles. The van der Waals surface area contributed by atoms with Gasteiger partial charge in [-0.3, -0.25) is 4.68 Å². The Kier molecular flexibility index (Phi) is 1.80. The van der Waals surface area contributed by atoms with Gasteiger partial charge in [0, 0.05) is 29.8 Å². The Bertz CT molecular complexity index is 430. The third kappa shape index (κ3) is 1.18. The van der Waals surface area contributed by atoms with Crippen LogP contribution in [0.25, 0.3) is 0 Å². The molecule has 2 fully saturated rings. The molecular weight excluding hydrogens is 212 g/mol. The first-order chi connectivity index (χ1) is 7.48. The van der Waals surface area contributed by atoms with Gasteiger partial charge in [-0.2, -0.15) is 5.10 Å². The molecule has 3 nitrogen and oxygen atoms in total. The second kappa shape index (κ2) is 2.83. The molecule has 0 atom stereocenters. The fourth-order valence-corrected chi connectivity index (χ4v) is 2.81. The minimum atomic E-state index is -2.50. The van der Waals surface area contributed by atoms with Crippen LogP contribution in [0.1, 0.15) is 43.4 Å². The molecule has 0 amide bonds. The Labute approximate surface area is 92.6 Å². The summed E-state index contributed by atoms with van der Waals surface area (Å²) in [5.74, 6) is 0. The van der Waals surface area contributed by atoms with Crippen molar-refractivity contribution >= 4 is 0 Å². The Morgan fingerprint density at radius 3 is 2.44 bits per heavy atom. The lowest BCUT2D eigenvalue weighted by atomic mass is 9.86. The van der Waals surface area contributed by atoms with Crippen LogP contribution in [0.3, 0.4) is 0 Å². The van der Waals surface area contributed by atoms with Gasteiger partial charge in [-0.25, -0.2) is 8.78 Å². The van der Waals surface area contributed by atoms with E-state index in [1.165, 1.54) is 4.68 Å². The van der Waals surface area contributed by atoms with E-state index in [-0.39, 0.29) is 16.6 Å². The van der Waals surface area contributed by atoms with Crippen molar-refractivity contribution in [2.24, 2.45) is 12.8 Å². The molecule has 1 aromatic rings. The molecular formula is C11H15F2N3. The Hall–Kier alpha value is -0.970. The van der Waals surface area contributed by atoms with E-state index >= 15 is 0 Å². The second-order valence-electron chi connectivity index (χ2n) is 5.14. The summed E-state index contributed by atoms with van der Waals surface area (Å²) in [7, 11) is 1.68. The molecule has 2 aliphatic rings. The van der Waals surface area contributed by atoms with Crippen LogP contribution in [0.15, 0.2) is 6.20 Å². The van der Waals surface area contributed by atoms with Crippen LogP contribution in [-0.4, -0.2) is 15.3 Å². The highest BCUT2D eigenvalue weighted by Gasteiger charge is 2.65. The molecule has 0 aliphatic heterocycles. The fraction of sp³-hybridized carbons (Fsp3) is 0.727. The minimum absolute atomic E-state index is 0.0725. The molecule has 1 heterocycles. The molecule has 0 unspecified atom stereocenters. The normalized spacial score (nSPS) is 24.8. The molecule has 0 spiro atoms. The van der Waals surface area contributed by atoms with Crippen LogP contribution in [0.5, 0.6) is 0 Å². The second-order valence-corrected chi connectivity index (χ2v) is 5.14. The molecule has 0 saturated heterocycles. The molecule has 2 saturated carbocycles. The molecule has 0 aromatic carbocycles. The van der Waals surface area contributed by atoms with Gasteiger partial charge in [0.25, 0.3) is 6.43 Å². The average molecular weight is 227 g/mol. The van der Waals surface area contributed by atoms with Crippen LogP contribution in [-0.2, 0) is 12.5 Å². The topological polar surface area (TPSA) is 43.8 Å². The highest BCUT2D eigenvalue weighted by Crippen LogP contribution is 2.64. The van der Waals surface area contributed by atoms with Crippen LogP contribution in [0.4, 0.5) is 8.78 Å². The SMILES string of the molecule is Cn1cc(C2(C3(N)CC3)CC2)c(C(F)F)n1. The van der Waals surface area contributed by atoms with Gasteiger partial charge in [0.1, 0.15) is 5.69 Å². The highest BCUT2D eigenvalue weighted by molar-refractivity contribution is 5.42. The van der Waals surface area contributed by atoms with Crippen molar-refractivity contribution in [2.75, 3.05) is 0 Å². The van der Waals surface area contributed by atoms with E-state index in [1.54, 1.807) is 13.2 Å². The van der Waals surface area contributed by atoms with Gasteiger partial charge in [0.2, 0.25) is 0 Å². The number of hydrogen-bond acceptors (Lipinski definition) is 2. The minimum Gasteiger partial charge on any atom is -0.324 e. The monoisotopic (exact) mass is 227 g/mol. The number of halogens is 2. The summed E-state index contributed by atoms with van der Waals surface area (Å²) in [6.45, 7) is 0. The smallest absolute Gasteiger partial charge is 0.282 e. The van der Waals surface area contributed by atoms with Gasteiger partial charge in [0.05, 0.1) is 0 Å². The molecule has 5 heteroatoms. The number of rotatable bonds is 3. The summed E-state index contributed by atoms with van der Waals surface area (Å²) in [4.78, 5) is 0. The molecule has 0 radical (unpaired) electrons. The molecule has 1 aromatic heterocycles. The van der Waals surface area contributed by atoms with Crippen LogP contribution < -0.4 is 5.73 Å². The van der Waals surface area contributed by atoms with Crippen molar-refractivity contribution in [2.45, 2.75) is 43.1 Å².